The van der Waals surface area contributed by atoms with Crippen LogP contribution in [-0.4, -0.2) is 22.6 Å². The van der Waals surface area contributed by atoms with Crippen molar-refractivity contribution < 1.29 is 24.2 Å². The van der Waals surface area contributed by atoms with Crippen molar-refractivity contribution in [2.45, 2.75) is 64.5 Å². The van der Waals surface area contributed by atoms with Crippen LogP contribution in [0.25, 0.3) is 81.8 Å². The van der Waals surface area contributed by atoms with Gasteiger partial charge in [-0.3, -0.25) is 4.98 Å². The summed E-state index contributed by atoms with van der Waals surface area (Å²) < 4.78 is 29.2. The van der Waals surface area contributed by atoms with Gasteiger partial charge in [-0.1, -0.05) is 165 Å². The van der Waals surface area contributed by atoms with Gasteiger partial charge < -0.3 is 9.55 Å². The number of nitrogens with zero attached hydrogens (tertiary/aromatic N) is 3. The van der Waals surface area contributed by atoms with Gasteiger partial charge in [0.2, 0.25) is 0 Å². The Morgan fingerprint density at radius 1 is 0.656 bits per heavy atom. The molecule has 3 heterocycles. The van der Waals surface area contributed by atoms with Crippen molar-refractivity contribution in [2.24, 2.45) is 0 Å². The molecule has 6 heteroatoms. The molecule has 3 nitrogen and oxygen atoms in total. The number of rotatable bonds is 7. The van der Waals surface area contributed by atoms with Crippen LogP contribution in [0.2, 0.25) is 19.6 Å². The summed E-state index contributed by atoms with van der Waals surface area (Å²) in [7, 11) is -1.87. The van der Waals surface area contributed by atoms with E-state index in [1.807, 2.05) is 41.7 Å². The number of para-hydroxylation sites is 3. The third-order valence-electron chi connectivity index (χ3n) is 12.4. The van der Waals surface area contributed by atoms with Crippen LogP contribution in [0, 0.1) is 19.0 Å². The molecule has 1 saturated carbocycles. The van der Waals surface area contributed by atoms with Crippen LogP contribution in [0.5, 0.6) is 0 Å². The Balaban J connectivity index is 0.000000182. The zero-order valence-electron chi connectivity index (χ0n) is 39.4. The second-order valence-corrected chi connectivity index (χ2v) is 23.7. The number of pyridine rings is 1. The maximum absolute atomic E-state index is 8.15. The molecule has 0 spiro atoms. The van der Waals surface area contributed by atoms with Crippen LogP contribution in [0.15, 0.2) is 170 Å². The molecular weight excluding hydrogens is 991 g/mol. The number of hydrogen-bond acceptors (Lipinski definition) is 3. The van der Waals surface area contributed by atoms with Crippen LogP contribution in [-0.2, 0) is 20.1 Å². The molecule has 1 fully saturated rings. The third-order valence-corrected chi connectivity index (χ3v) is 15.6. The number of benzene rings is 7. The molecule has 1 aliphatic rings. The first kappa shape index (κ1) is 39.8. The second-order valence-electron chi connectivity index (χ2n) is 17.6. The molecule has 0 bridgehead atoms. The number of aromatic nitrogens is 3. The summed E-state index contributed by atoms with van der Waals surface area (Å²) in [6.07, 6.45) is 6.05. The minimum atomic E-state index is -2.19. The van der Waals surface area contributed by atoms with Gasteiger partial charge in [-0.15, -0.1) is 54.1 Å². The van der Waals surface area contributed by atoms with Gasteiger partial charge in [0, 0.05) is 45.9 Å². The number of hydrogen-bond donors (Lipinski definition) is 0. The Labute approximate surface area is 400 Å². The van der Waals surface area contributed by atoms with E-state index in [4.69, 9.17) is 9.10 Å². The zero-order valence-corrected chi connectivity index (χ0v) is 40.6. The van der Waals surface area contributed by atoms with E-state index in [2.05, 4.69) is 181 Å². The van der Waals surface area contributed by atoms with Gasteiger partial charge in [0.15, 0.2) is 0 Å². The molecular formula is C58H51IrN3SSi-2. The smallest absolute Gasteiger partial charge is 0.0802 e. The first-order valence-electron chi connectivity index (χ1n) is 23.6. The fourth-order valence-electron chi connectivity index (χ4n) is 9.47. The summed E-state index contributed by atoms with van der Waals surface area (Å²) in [5, 5.41) is 3.56. The van der Waals surface area contributed by atoms with E-state index < -0.39 is 14.9 Å². The minimum absolute atomic E-state index is 0. The van der Waals surface area contributed by atoms with E-state index >= 15 is 0 Å². The average Bonchev–Trinajstić information content (AvgIpc) is 3.93. The fourth-order valence-corrected chi connectivity index (χ4v) is 12.6. The Bertz CT molecular complexity index is 3320. The normalized spacial score (nSPS) is 14.0. The quantitative estimate of drug-likeness (QED) is 0.118. The summed E-state index contributed by atoms with van der Waals surface area (Å²) in [4.78, 5) is 9.90. The van der Waals surface area contributed by atoms with Crippen LogP contribution >= 0.6 is 11.3 Å². The van der Waals surface area contributed by atoms with Gasteiger partial charge in [0.1, 0.15) is 0 Å². The molecule has 0 atom stereocenters. The van der Waals surface area contributed by atoms with Gasteiger partial charge >= 0.3 is 0 Å². The van der Waals surface area contributed by atoms with Crippen LogP contribution < -0.4 is 5.19 Å². The molecule has 0 saturated heterocycles. The Hall–Kier alpha value is -5.75. The van der Waals surface area contributed by atoms with E-state index in [0.717, 1.165) is 57.4 Å². The Morgan fingerprint density at radius 3 is 2.12 bits per heavy atom. The number of fused-ring (bicyclic) bond motifs is 4. The predicted octanol–water partition coefficient (Wildman–Crippen LogP) is 15.6. The van der Waals surface area contributed by atoms with Crippen LogP contribution in [0.3, 0.4) is 0 Å². The van der Waals surface area contributed by atoms with E-state index in [0.29, 0.717) is 11.6 Å². The molecule has 11 rings (SSSR count). The van der Waals surface area contributed by atoms with Crippen molar-refractivity contribution in [3.8, 4) is 50.6 Å². The second kappa shape index (κ2) is 18.8. The third kappa shape index (κ3) is 8.60. The van der Waals surface area contributed by atoms with Gasteiger partial charge in [0.05, 0.1) is 24.9 Å². The first-order valence-corrected chi connectivity index (χ1v) is 26.4. The minimum Gasteiger partial charge on any atom is -0.333 e. The van der Waals surface area contributed by atoms with Crippen molar-refractivity contribution in [1.29, 1.82) is 0 Å². The summed E-state index contributed by atoms with van der Waals surface area (Å²) in [5.41, 5.74) is 12.2. The molecule has 0 amide bonds. The van der Waals surface area contributed by atoms with Crippen molar-refractivity contribution in [1.82, 2.24) is 14.5 Å². The molecule has 10 aromatic rings. The van der Waals surface area contributed by atoms with Crippen molar-refractivity contribution in [3.05, 3.63) is 193 Å². The summed E-state index contributed by atoms with van der Waals surface area (Å²) in [6.45, 7) is 4.52. The Morgan fingerprint density at radius 2 is 1.38 bits per heavy atom. The molecule has 0 unspecified atom stereocenters. The molecule has 64 heavy (non-hydrogen) atoms. The summed E-state index contributed by atoms with van der Waals surface area (Å²) in [5.74, 6) is 1.36. The summed E-state index contributed by atoms with van der Waals surface area (Å²) in [6, 6.07) is 65.9. The van der Waals surface area contributed by atoms with Crippen molar-refractivity contribution in [2.75, 3.05) is 0 Å². The monoisotopic (exact) mass is 1050 g/mol. The standard InChI is InChI=1S/C37H23N2S.C21H28NSi.Ir/c1-3-12-25(13-4-1)27-22-23-29-30-17-11-18-31(36(30)40-35(29)24-27)37-38-32-19-8-10-21-34(32)39(37)33-20-9-7-16-28(33)26-14-5-2-6-15-26;1-16-21(23(2,3)4)19(17-11-7-5-8-12-17)15-20(22-16)18-13-9-6-10-14-18;/h1-17,19-24H;6,9-10,13,15,17H,5,7-8,11-12H2,1-4H3;/q2*-1;/i;1D3;. The maximum Gasteiger partial charge on any atom is 0.0802 e. The molecule has 0 N–H and O–H groups in total. The fraction of sp³-hybridized carbons (Fsp3) is 0.172. The molecule has 319 valence electrons. The van der Waals surface area contributed by atoms with Gasteiger partial charge in [-0.25, -0.2) is 0 Å². The van der Waals surface area contributed by atoms with E-state index in [-0.39, 0.29) is 20.1 Å². The maximum atomic E-state index is 8.15. The van der Waals surface area contributed by atoms with Gasteiger partial charge in [0.25, 0.3) is 0 Å². The molecule has 1 radical (unpaired) electrons. The molecule has 0 aliphatic heterocycles. The van der Waals surface area contributed by atoms with Crippen molar-refractivity contribution >= 4 is 55.8 Å². The van der Waals surface area contributed by atoms with E-state index in [1.165, 1.54) is 67.3 Å². The average molecular weight is 1050 g/mol. The molecule has 7 aromatic carbocycles. The topological polar surface area (TPSA) is 30.7 Å². The zero-order chi connectivity index (χ0) is 45.4. The SMILES string of the molecule is [2H]C([2H])([2H])c1nc(-c2[c-]cccc2)cc(C2CCCCC2)c1[Si](C)(C)C.[Ir].[c-]1ccc2c(sc3cc(-c4ccccc4)ccc32)c1-c1nc2ccccc2n1-c1ccccc1-c1ccccc1. The largest absolute Gasteiger partial charge is 0.333 e. The molecule has 1 aliphatic carbocycles. The van der Waals surface area contributed by atoms with Crippen LogP contribution in [0.1, 0.15) is 53.4 Å². The van der Waals surface area contributed by atoms with E-state index in [9.17, 15) is 0 Å². The predicted molar refractivity (Wildman–Crippen MR) is 271 cm³/mol. The first-order chi connectivity index (χ1) is 32.0. The van der Waals surface area contributed by atoms with Crippen LogP contribution in [0.4, 0.5) is 0 Å². The summed E-state index contributed by atoms with van der Waals surface area (Å²) >= 11 is 1.82. The van der Waals surface area contributed by atoms with Crippen molar-refractivity contribution in [3.63, 3.8) is 0 Å². The van der Waals surface area contributed by atoms with Gasteiger partial charge in [-0.2, -0.15) is 11.3 Å². The number of imidazole rings is 1. The van der Waals surface area contributed by atoms with Gasteiger partial charge in [-0.05, 0) is 87.5 Å². The van der Waals surface area contributed by atoms with E-state index in [1.54, 1.807) is 0 Å². The Kier molecular flexibility index (Phi) is 11.7. The molecule has 3 aromatic heterocycles. The number of thiophene rings is 1. The number of aryl methyl sites for hydroxylation is 1.